The number of anilines is 1. The van der Waals surface area contributed by atoms with E-state index in [-0.39, 0.29) is 0 Å². The van der Waals surface area contributed by atoms with E-state index in [1.807, 2.05) is 7.05 Å². The molecule has 0 amide bonds. The second-order valence-corrected chi connectivity index (χ2v) is 5.87. The van der Waals surface area contributed by atoms with Crippen LogP contribution in [-0.2, 0) is 7.05 Å². The van der Waals surface area contributed by atoms with Crippen LogP contribution in [0.25, 0.3) is 27.9 Å². The van der Waals surface area contributed by atoms with Gasteiger partial charge < -0.3 is 5.73 Å². The zero-order chi connectivity index (χ0) is 15.4. The fourth-order valence-electron chi connectivity index (χ4n) is 3.31. The molecule has 4 rings (SSSR count). The van der Waals surface area contributed by atoms with Crippen molar-refractivity contribution < 1.29 is 0 Å². The van der Waals surface area contributed by atoms with Gasteiger partial charge in [-0.25, -0.2) is 14.6 Å². The van der Waals surface area contributed by atoms with Crippen LogP contribution in [0.15, 0.2) is 30.6 Å². The first-order chi connectivity index (χ1) is 10.6. The van der Waals surface area contributed by atoms with Gasteiger partial charge in [-0.05, 0) is 29.7 Å². The molecule has 2 heterocycles. The van der Waals surface area contributed by atoms with E-state index in [2.05, 4.69) is 53.2 Å². The highest BCUT2D eigenvalue weighted by Crippen LogP contribution is 2.39. The Morgan fingerprint density at radius 2 is 2.05 bits per heavy atom. The Morgan fingerprint density at radius 3 is 2.86 bits per heavy atom. The molecule has 1 unspecified atom stereocenters. The van der Waals surface area contributed by atoms with Crippen LogP contribution in [-0.4, -0.2) is 19.7 Å². The second kappa shape index (κ2) is 4.40. The van der Waals surface area contributed by atoms with E-state index < -0.39 is 0 Å². The Morgan fingerprint density at radius 1 is 1.23 bits per heavy atom. The van der Waals surface area contributed by atoms with Crippen LogP contribution in [0.4, 0.5) is 5.82 Å². The maximum atomic E-state index is 6.06. The monoisotopic (exact) mass is 291 g/mol. The summed E-state index contributed by atoms with van der Waals surface area (Å²) in [6, 6.07) is 6.48. The van der Waals surface area contributed by atoms with Gasteiger partial charge in [-0.2, -0.15) is 5.10 Å². The smallest absolute Gasteiger partial charge is 0.163 e. The minimum absolute atomic E-state index is 0.429. The fourth-order valence-corrected chi connectivity index (χ4v) is 3.31. The number of fused-ring (bicyclic) bond motifs is 2. The van der Waals surface area contributed by atoms with Crippen LogP contribution >= 0.6 is 0 Å². The number of hydrogen-bond donors (Lipinski definition) is 1. The lowest BCUT2D eigenvalue weighted by Crippen LogP contribution is -1.95. The number of allylic oxidation sites excluding steroid dienone is 2. The molecule has 22 heavy (non-hydrogen) atoms. The van der Waals surface area contributed by atoms with Crippen LogP contribution in [0.1, 0.15) is 30.9 Å². The van der Waals surface area contributed by atoms with Crippen LogP contribution < -0.4 is 5.73 Å². The lowest BCUT2D eigenvalue weighted by atomic mass is 9.97. The molecule has 5 heteroatoms. The molecule has 0 spiro atoms. The summed E-state index contributed by atoms with van der Waals surface area (Å²) < 4.78 is 1.75. The largest absolute Gasteiger partial charge is 0.383 e. The van der Waals surface area contributed by atoms with E-state index >= 15 is 0 Å². The van der Waals surface area contributed by atoms with Crippen molar-refractivity contribution in [2.45, 2.75) is 19.8 Å². The highest BCUT2D eigenvalue weighted by Gasteiger charge is 2.20. The first-order valence-corrected chi connectivity index (χ1v) is 7.32. The molecule has 3 aromatic rings. The van der Waals surface area contributed by atoms with Crippen molar-refractivity contribution in [2.75, 3.05) is 5.73 Å². The quantitative estimate of drug-likeness (QED) is 0.747. The van der Waals surface area contributed by atoms with Crippen molar-refractivity contribution in [3.8, 4) is 11.3 Å². The third kappa shape index (κ3) is 1.68. The van der Waals surface area contributed by atoms with Gasteiger partial charge in [0.2, 0.25) is 0 Å². The van der Waals surface area contributed by atoms with E-state index in [0.717, 1.165) is 22.3 Å². The summed E-state index contributed by atoms with van der Waals surface area (Å²) in [7, 11) is 1.87. The Kier molecular flexibility index (Phi) is 2.60. The SMILES string of the molecule is CC1=CC(C)c2cc(-c3nn(C)c4ncnc(N)c34)ccc21. The van der Waals surface area contributed by atoms with Crippen LogP contribution in [0, 0.1) is 0 Å². The van der Waals surface area contributed by atoms with Crippen molar-refractivity contribution in [1.29, 1.82) is 0 Å². The molecule has 0 fully saturated rings. The normalized spacial score (nSPS) is 16.9. The Hall–Kier alpha value is -2.69. The molecule has 2 aromatic heterocycles. The predicted octanol–water partition coefficient (Wildman–Crippen LogP) is 3.13. The lowest BCUT2D eigenvalue weighted by Gasteiger charge is -2.08. The molecule has 1 aromatic carbocycles. The summed E-state index contributed by atoms with van der Waals surface area (Å²) in [4.78, 5) is 8.40. The summed E-state index contributed by atoms with van der Waals surface area (Å²) in [6.45, 7) is 4.37. The molecule has 0 aliphatic heterocycles. The summed E-state index contributed by atoms with van der Waals surface area (Å²) in [6.07, 6.45) is 3.77. The summed E-state index contributed by atoms with van der Waals surface area (Å²) in [5.41, 5.74) is 12.7. The van der Waals surface area contributed by atoms with Gasteiger partial charge in [-0.15, -0.1) is 0 Å². The number of hydrogen-bond acceptors (Lipinski definition) is 4. The summed E-state index contributed by atoms with van der Waals surface area (Å²) >= 11 is 0. The average molecular weight is 291 g/mol. The van der Waals surface area contributed by atoms with Gasteiger partial charge in [-0.3, -0.25) is 0 Å². The topological polar surface area (TPSA) is 69.6 Å². The molecular weight excluding hydrogens is 274 g/mol. The number of aryl methyl sites for hydroxylation is 1. The Balaban J connectivity index is 1.97. The highest BCUT2D eigenvalue weighted by molar-refractivity contribution is 5.98. The number of aromatic nitrogens is 4. The van der Waals surface area contributed by atoms with Gasteiger partial charge in [0.1, 0.15) is 17.8 Å². The van der Waals surface area contributed by atoms with Gasteiger partial charge in [0.25, 0.3) is 0 Å². The second-order valence-electron chi connectivity index (χ2n) is 5.87. The molecule has 1 aliphatic carbocycles. The molecule has 2 N–H and O–H groups in total. The van der Waals surface area contributed by atoms with E-state index in [1.54, 1.807) is 4.68 Å². The molecule has 1 atom stereocenters. The predicted molar refractivity (Wildman–Crippen MR) is 88.2 cm³/mol. The minimum Gasteiger partial charge on any atom is -0.383 e. The van der Waals surface area contributed by atoms with Gasteiger partial charge in [-0.1, -0.05) is 25.1 Å². The molecule has 0 bridgehead atoms. The Bertz CT molecular complexity index is 936. The number of rotatable bonds is 1. The Labute approximate surface area is 128 Å². The van der Waals surface area contributed by atoms with Crippen LogP contribution in [0.3, 0.4) is 0 Å². The molecule has 5 nitrogen and oxygen atoms in total. The van der Waals surface area contributed by atoms with Crippen LogP contribution in [0.5, 0.6) is 0 Å². The first-order valence-electron chi connectivity index (χ1n) is 7.32. The van der Waals surface area contributed by atoms with E-state index in [1.165, 1.54) is 23.0 Å². The maximum Gasteiger partial charge on any atom is 0.163 e. The average Bonchev–Trinajstić information content (AvgIpc) is 2.98. The minimum atomic E-state index is 0.429. The maximum absolute atomic E-state index is 6.06. The van der Waals surface area contributed by atoms with Crippen molar-refractivity contribution in [3.63, 3.8) is 0 Å². The molecule has 110 valence electrons. The van der Waals surface area contributed by atoms with Gasteiger partial charge >= 0.3 is 0 Å². The van der Waals surface area contributed by atoms with Crippen molar-refractivity contribution in [2.24, 2.45) is 7.05 Å². The van der Waals surface area contributed by atoms with Gasteiger partial charge in [0.15, 0.2) is 5.65 Å². The summed E-state index contributed by atoms with van der Waals surface area (Å²) in [5, 5.41) is 5.43. The summed E-state index contributed by atoms with van der Waals surface area (Å²) in [5.74, 6) is 0.898. The van der Waals surface area contributed by atoms with Gasteiger partial charge in [0, 0.05) is 18.5 Å². The number of nitrogens with two attached hydrogens (primary N) is 1. The van der Waals surface area contributed by atoms with Crippen molar-refractivity contribution in [3.05, 3.63) is 41.7 Å². The first kappa shape index (κ1) is 13.0. The van der Waals surface area contributed by atoms with Crippen molar-refractivity contribution in [1.82, 2.24) is 19.7 Å². The van der Waals surface area contributed by atoms with E-state index in [9.17, 15) is 0 Å². The molecule has 1 aliphatic rings. The zero-order valence-corrected chi connectivity index (χ0v) is 12.8. The molecule has 0 saturated carbocycles. The third-order valence-electron chi connectivity index (χ3n) is 4.39. The molecular formula is C17H17N5. The van der Waals surface area contributed by atoms with Gasteiger partial charge in [0.05, 0.1) is 5.39 Å². The zero-order valence-electron chi connectivity index (χ0n) is 12.8. The lowest BCUT2D eigenvalue weighted by molar-refractivity contribution is 0.788. The van der Waals surface area contributed by atoms with E-state index in [0.29, 0.717) is 11.7 Å². The third-order valence-corrected chi connectivity index (χ3v) is 4.39. The highest BCUT2D eigenvalue weighted by atomic mass is 15.3. The fraction of sp³-hybridized carbons (Fsp3) is 0.235. The van der Waals surface area contributed by atoms with Crippen molar-refractivity contribution >= 4 is 22.4 Å². The number of nitrogen functional groups attached to an aromatic ring is 1. The molecule has 0 saturated heterocycles. The standard InChI is InChI=1S/C17H17N5/c1-9-6-10(2)13-7-11(4-5-12(9)13)15-14-16(18)19-8-20-17(14)22(3)21-15/h4-8,10H,1-3H3,(H2,18,19,20). The van der Waals surface area contributed by atoms with E-state index in [4.69, 9.17) is 5.73 Å². The molecule has 0 radical (unpaired) electrons. The number of benzene rings is 1. The van der Waals surface area contributed by atoms with Crippen LogP contribution in [0.2, 0.25) is 0 Å². The number of nitrogens with zero attached hydrogens (tertiary/aromatic N) is 4.